The van der Waals surface area contributed by atoms with E-state index in [1.165, 1.54) is 0 Å². The molecular weight excluding hydrogens is 180 g/mol. The molecule has 1 heterocycles. The van der Waals surface area contributed by atoms with Crippen molar-refractivity contribution in [3.05, 3.63) is 29.0 Å². The minimum atomic E-state index is -0.898. The fourth-order valence-electron chi connectivity index (χ4n) is 1.52. The van der Waals surface area contributed by atoms with Crippen LogP contribution in [0.4, 0.5) is 0 Å². The molecule has 1 aromatic heterocycles. The Morgan fingerprint density at radius 3 is 2.79 bits per heavy atom. The zero-order valence-electron chi connectivity index (χ0n) is 7.96. The van der Waals surface area contributed by atoms with Crippen LogP contribution in [0.5, 0.6) is 0 Å². The summed E-state index contributed by atoms with van der Waals surface area (Å²) in [5, 5.41) is 16.7. The maximum Gasteiger partial charge on any atom is 0.335 e. The third kappa shape index (κ3) is 1.16. The summed E-state index contributed by atoms with van der Waals surface area (Å²) >= 11 is 0. The molecule has 2 rings (SSSR count). The number of carboxylic acid groups (broad SMARTS) is 1. The third-order valence-corrected chi connectivity index (χ3v) is 2.32. The van der Waals surface area contributed by atoms with Crippen molar-refractivity contribution >= 4 is 16.9 Å². The maximum atomic E-state index is 10.9. The van der Waals surface area contributed by atoms with E-state index >= 15 is 0 Å². The summed E-state index contributed by atoms with van der Waals surface area (Å²) in [6.07, 6.45) is 0. The summed E-state index contributed by atoms with van der Waals surface area (Å²) in [5.74, 6) is -0.898. The minimum Gasteiger partial charge on any atom is -0.478 e. The Morgan fingerprint density at radius 1 is 1.43 bits per heavy atom. The molecule has 0 spiro atoms. The number of hydrogen-bond donors (Lipinski definition) is 2. The molecule has 0 aliphatic carbocycles. The number of H-pyrrole nitrogens is 1. The number of nitrogens with zero attached hydrogens (tertiary/aromatic N) is 1. The Hall–Kier alpha value is -1.84. The highest BCUT2D eigenvalue weighted by Gasteiger charge is 2.10. The lowest BCUT2D eigenvalue weighted by molar-refractivity contribution is 0.0696. The quantitative estimate of drug-likeness (QED) is 0.721. The number of aryl methyl sites for hydroxylation is 2. The van der Waals surface area contributed by atoms with Crippen LogP contribution in [0, 0.1) is 13.8 Å². The summed E-state index contributed by atoms with van der Waals surface area (Å²) in [7, 11) is 0. The smallest absolute Gasteiger partial charge is 0.335 e. The van der Waals surface area contributed by atoms with Gasteiger partial charge in [-0.25, -0.2) is 4.79 Å². The molecule has 0 radical (unpaired) electrons. The van der Waals surface area contributed by atoms with E-state index < -0.39 is 5.97 Å². The lowest BCUT2D eigenvalue weighted by Gasteiger charge is -1.99. The number of benzene rings is 1. The molecule has 0 aliphatic rings. The van der Waals surface area contributed by atoms with Crippen molar-refractivity contribution in [2.75, 3.05) is 0 Å². The van der Waals surface area contributed by atoms with Crippen LogP contribution in [0.1, 0.15) is 21.6 Å². The minimum absolute atomic E-state index is 0.335. The largest absolute Gasteiger partial charge is 0.478 e. The van der Waals surface area contributed by atoms with E-state index in [4.69, 9.17) is 5.11 Å². The zero-order chi connectivity index (χ0) is 10.3. The second kappa shape index (κ2) is 2.83. The Morgan fingerprint density at radius 2 is 2.14 bits per heavy atom. The van der Waals surface area contributed by atoms with Gasteiger partial charge in [-0.2, -0.15) is 5.10 Å². The maximum absolute atomic E-state index is 10.9. The van der Waals surface area contributed by atoms with E-state index in [1.54, 1.807) is 19.1 Å². The Labute approximate surface area is 80.6 Å². The highest BCUT2D eigenvalue weighted by atomic mass is 16.4. The van der Waals surface area contributed by atoms with Gasteiger partial charge in [0.15, 0.2) is 0 Å². The number of aromatic amines is 1. The van der Waals surface area contributed by atoms with Gasteiger partial charge >= 0.3 is 5.97 Å². The van der Waals surface area contributed by atoms with Crippen molar-refractivity contribution in [2.24, 2.45) is 0 Å². The summed E-state index contributed by atoms with van der Waals surface area (Å²) < 4.78 is 0. The van der Waals surface area contributed by atoms with E-state index in [9.17, 15) is 4.79 Å². The van der Waals surface area contributed by atoms with Crippen LogP contribution in [0.3, 0.4) is 0 Å². The molecule has 0 saturated heterocycles. The molecule has 0 unspecified atom stereocenters. The van der Waals surface area contributed by atoms with Gasteiger partial charge in [-0.05, 0) is 31.5 Å². The number of hydrogen-bond acceptors (Lipinski definition) is 2. The van der Waals surface area contributed by atoms with Gasteiger partial charge in [-0.1, -0.05) is 0 Å². The van der Waals surface area contributed by atoms with Crippen molar-refractivity contribution in [2.45, 2.75) is 13.8 Å². The molecule has 0 saturated carbocycles. The predicted octanol–water partition coefficient (Wildman–Crippen LogP) is 1.88. The van der Waals surface area contributed by atoms with Crippen molar-refractivity contribution in [1.29, 1.82) is 0 Å². The number of aromatic carboxylic acids is 1. The van der Waals surface area contributed by atoms with Gasteiger partial charge in [0.05, 0.1) is 11.1 Å². The van der Waals surface area contributed by atoms with Gasteiger partial charge in [0, 0.05) is 11.1 Å². The van der Waals surface area contributed by atoms with Crippen molar-refractivity contribution in [1.82, 2.24) is 10.2 Å². The molecule has 2 aromatic rings. The van der Waals surface area contributed by atoms with E-state index in [0.717, 1.165) is 22.2 Å². The fraction of sp³-hybridized carbons (Fsp3) is 0.200. The first kappa shape index (κ1) is 8.74. The second-order valence-corrected chi connectivity index (χ2v) is 3.34. The molecule has 14 heavy (non-hydrogen) atoms. The Kier molecular flexibility index (Phi) is 1.77. The SMILES string of the molecule is Cc1cc2n[nH]c(C)c2cc1C(=O)O. The number of carbonyl (C=O) groups is 1. The first-order valence-corrected chi connectivity index (χ1v) is 4.28. The first-order valence-electron chi connectivity index (χ1n) is 4.28. The van der Waals surface area contributed by atoms with Gasteiger partial charge in [0.1, 0.15) is 0 Å². The number of aromatic nitrogens is 2. The molecule has 4 nitrogen and oxygen atoms in total. The molecule has 1 aromatic carbocycles. The fourth-order valence-corrected chi connectivity index (χ4v) is 1.52. The normalized spacial score (nSPS) is 10.7. The molecule has 4 heteroatoms. The highest BCUT2D eigenvalue weighted by Crippen LogP contribution is 2.20. The number of fused-ring (bicyclic) bond motifs is 1. The first-order chi connectivity index (χ1) is 6.59. The number of carboxylic acids is 1. The van der Waals surface area contributed by atoms with Crippen LogP contribution in [-0.4, -0.2) is 21.3 Å². The van der Waals surface area contributed by atoms with Gasteiger partial charge < -0.3 is 5.11 Å². The third-order valence-electron chi connectivity index (χ3n) is 2.32. The lowest BCUT2D eigenvalue weighted by Crippen LogP contribution is -1.99. The standard InChI is InChI=1S/C10H10N2O2/c1-5-3-9-8(6(2)11-12-9)4-7(5)10(13)14/h3-4H,1-2H3,(H,11,12)(H,13,14). The van der Waals surface area contributed by atoms with Crippen LogP contribution in [0.15, 0.2) is 12.1 Å². The van der Waals surface area contributed by atoms with E-state index in [-0.39, 0.29) is 0 Å². The van der Waals surface area contributed by atoms with E-state index in [1.807, 2.05) is 6.92 Å². The molecule has 0 atom stereocenters. The van der Waals surface area contributed by atoms with Crippen LogP contribution in [0.25, 0.3) is 10.9 Å². The molecule has 0 amide bonds. The topological polar surface area (TPSA) is 66.0 Å². The molecule has 72 valence electrons. The molecule has 0 aliphatic heterocycles. The van der Waals surface area contributed by atoms with Crippen LogP contribution >= 0.6 is 0 Å². The van der Waals surface area contributed by atoms with Crippen molar-refractivity contribution < 1.29 is 9.90 Å². The zero-order valence-corrected chi connectivity index (χ0v) is 7.96. The van der Waals surface area contributed by atoms with Gasteiger partial charge in [0.2, 0.25) is 0 Å². The second-order valence-electron chi connectivity index (χ2n) is 3.34. The van der Waals surface area contributed by atoms with Gasteiger partial charge in [0.25, 0.3) is 0 Å². The monoisotopic (exact) mass is 190 g/mol. The number of nitrogens with one attached hydrogen (secondary N) is 1. The van der Waals surface area contributed by atoms with Crippen LogP contribution in [-0.2, 0) is 0 Å². The van der Waals surface area contributed by atoms with Crippen molar-refractivity contribution in [3.8, 4) is 0 Å². The lowest BCUT2D eigenvalue weighted by atomic mass is 10.1. The average molecular weight is 190 g/mol. The molecule has 0 bridgehead atoms. The summed E-state index contributed by atoms with van der Waals surface area (Å²) in [4.78, 5) is 10.9. The molecule has 2 N–H and O–H groups in total. The summed E-state index contributed by atoms with van der Waals surface area (Å²) in [6.45, 7) is 3.64. The van der Waals surface area contributed by atoms with Gasteiger partial charge in [-0.3, -0.25) is 5.10 Å². The average Bonchev–Trinajstić information content (AvgIpc) is 2.46. The number of rotatable bonds is 1. The Bertz CT molecular complexity index is 514. The highest BCUT2D eigenvalue weighted by molar-refractivity contribution is 5.95. The van der Waals surface area contributed by atoms with Gasteiger partial charge in [-0.15, -0.1) is 0 Å². The van der Waals surface area contributed by atoms with Crippen LogP contribution < -0.4 is 0 Å². The summed E-state index contributed by atoms with van der Waals surface area (Å²) in [6, 6.07) is 3.44. The summed E-state index contributed by atoms with van der Waals surface area (Å²) in [5.41, 5.74) is 2.77. The van der Waals surface area contributed by atoms with Crippen LogP contribution in [0.2, 0.25) is 0 Å². The predicted molar refractivity (Wildman–Crippen MR) is 52.5 cm³/mol. The van der Waals surface area contributed by atoms with E-state index in [0.29, 0.717) is 5.56 Å². The molecule has 0 fully saturated rings. The molecular formula is C10H10N2O2. The van der Waals surface area contributed by atoms with Crippen molar-refractivity contribution in [3.63, 3.8) is 0 Å². The van der Waals surface area contributed by atoms with E-state index in [2.05, 4.69) is 10.2 Å². The Balaban J connectivity index is 2.80.